The van der Waals surface area contributed by atoms with Gasteiger partial charge < -0.3 is 5.32 Å². The molecule has 0 spiro atoms. The highest BCUT2D eigenvalue weighted by Gasteiger charge is 2.29. The molecule has 18 heavy (non-hydrogen) atoms. The molecular formula is C15H29ClN2. The number of nitrogens with one attached hydrogen (secondary N) is 1. The van der Waals surface area contributed by atoms with Crippen LogP contribution in [-0.2, 0) is 0 Å². The quantitative estimate of drug-likeness (QED) is 0.824. The second-order valence-corrected chi connectivity index (χ2v) is 6.65. The zero-order valence-corrected chi connectivity index (χ0v) is 13.3. The Morgan fingerprint density at radius 1 is 1.39 bits per heavy atom. The topological polar surface area (TPSA) is 15.3 Å². The lowest BCUT2D eigenvalue weighted by atomic mass is 9.94. The molecule has 2 atom stereocenters. The van der Waals surface area contributed by atoms with Crippen molar-refractivity contribution in [2.75, 3.05) is 19.6 Å². The van der Waals surface area contributed by atoms with Crippen molar-refractivity contribution in [3.63, 3.8) is 0 Å². The molecule has 1 rings (SSSR count). The third-order valence-corrected chi connectivity index (χ3v) is 4.12. The van der Waals surface area contributed by atoms with E-state index in [-0.39, 0.29) is 0 Å². The number of nitrogens with zero attached hydrogens (tertiary/aromatic N) is 1. The smallest absolute Gasteiger partial charge is 0.0227 e. The minimum absolute atomic E-state index is 0.608. The van der Waals surface area contributed by atoms with Gasteiger partial charge in [-0.05, 0) is 30.8 Å². The maximum Gasteiger partial charge on any atom is 0.0227 e. The Balaban J connectivity index is 2.66. The van der Waals surface area contributed by atoms with Crippen molar-refractivity contribution in [1.29, 1.82) is 0 Å². The first kappa shape index (κ1) is 16.0. The fraction of sp³-hybridized carbons (Fsp3) is 0.867. The summed E-state index contributed by atoms with van der Waals surface area (Å²) in [5.74, 6) is 1.43. The van der Waals surface area contributed by atoms with Crippen molar-refractivity contribution in [3.8, 4) is 0 Å². The largest absolute Gasteiger partial charge is 0.311 e. The molecule has 1 heterocycles. The normalized spacial score (nSPS) is 27.2. The molecule has 0 radical (unpaired) electrons. The van der Waals surface area contributed by atoms with Crippen molar-refractivity contribution in [2.24, 2.45) is 11.8 Å². The van der Waals surface area contributed by atoms with Crippen molar-refractivity contribution in [3.05, 3.63) is 11.1 Å². The average molecular weight is 273 g/mol. The van der Waals surface area contributed by atoms with Crippen LogP contribution < -0.4 is 5.32 Å². The Morgan fingerprint density at radius 2 is 2.06 bits per heavy atom. The monoisotopic (exact) mass is 272 g/mol. The van der Waals surface area contributed by atoms with E-state index in [1.807, 2.05) is 0 Å². The molecule has 0 aromatic heterocycles. The summed E-state index contributed by atoms with van der Waals surface area (Å²) in [6, 6.07) is 1.25. The van der Waals surface area contributed by atoms with E-state index in [0.29, 0.717) is 18.0 Å². The predicted molar refractivity (Wildman–Crippen MR) is 81.1 cm³/mol. The van der Waals surface area contributed by atoms with Crippen molar-refractivity contribution < 1.29 is 0 Å². The molecule has 0 saturated carbocycles. The molecule has 1 saturated heterocycles. The van der Waals surface area contributed by atoms with Crippen LogP contribution in [0.4, 0.5) is 0 Å². The second-order valence-electron chi connectivity index (χ2n) is 6.43. The average Bonchev–Trinajstić information content (AvgIpc) is 2.30. The molecule has 3 heteroatoms. The lowest BCUT2D eigenvalue weighted by molar-refractivity contribution is 0.109. The van der Waals surface area contributed by atoms with Crippen LogP contribution in [0.15, 0.2) is 11.1 Å². The Labute approximate surface area is 118 Å². The van der Waals surface area contributed by atoms with Gasteiger partial charge in [0.15, 0.2) is 0 Å². The van der Waals surface area contributed by atoms with Crippen LogP contribution in [0, 0.1) is 11.8 Å². The van der Waals surface area contributed by atoms with E-state index in [1.165, 1.54) is 12.0 Å². The lowest BCUT2D eigenvalue weighted by Crippen LogP contribution is -2.58. The second kappa shape index (κ2) is 7.52. The highest BCUT2D eigenvalue weighted by molar-refractivity contribution is 6.25. The molecular weight excluding hydrogens is 244 g/mol. The van der Waals surface area contributed by atoms with E-state index in [9.17, 15) is 0 Å². The molecule has 1 N–H and O–H groups in total. The van der Waals surface area contributed by atoms with E-state index < -0.39 is 0 Å². The van der Waals surface area contributed by atoms with E-state index in [4.69, 9.17) is 11.6 Å². The zero-order chi connectivity index (χ0) is 13.7. The summed E-state index contributed by atoms with van der Waals surface area (Å²) in [4.78, 5) is 2.61. The van der Waals surface area contributed by atoms with Gasteiger partial charge in [0.05, 0.1) is 0 Å². The van der Waals surface area contributed by atoms with Crippen LogP contribution in [0.2, 0.25) is 0 Å². The molecule has 1 aliphatic heterocycles. The van der Waals surface area contributed by atoms with Crippen LogP contribution >= 0.6 is 11.6 Å². The van der Waals surface area contributed by atoms with Crippen molar-refractivity contribution in [2.45, 2.75) is 53.1 Å². The first-order valence-electron chi connectivity index (χ1n) is 7.17. The summed E-state index contributed by atoms with van der Waals surface area (Å²) >= 11 is 5.82. The third kappa shape index (κ3) is 4.91. The molecule has 0 aliphatic carbocycles. The summed E-state index contributed by atoms with van der Waals surface area (Å²) in [5, 5.41) is 3.70. The Morgan fingerprint density at radius 3 is 2.56 bits per heavy atom. The summed E-state index contributed by atoms with van der Waals surface area (Å²) in [5.41, 5.74) is 2.98. The Hall–Kier alpha value is -0.0500. The Bertz CT molecular complexity index is 274. The van der Waals surface area contributed by atoms with Crippen molar-refractivity contribution >= 4 is 11.6 Å². The van der Waals surface area contributed by atoms with Gasteiger partial charge in [-0.25, -0.2) is 0 Å². The van der Waals surface area contributed by atoms with E-state index >= 15 is 0 Å². The molecule has 106 valence electrons. The fourth-order valence-electron chi connectivity index (χ4n) is 2.65. The van der Waals surface area contributed by atoms with Gasteiger partial charge in [0.1, 0.15) is 0 Å². The van der Waals surface area contributed by atoms with Gasteiger partial charge in [-0.1, -0.05) is 39.3 Å². The van der Waals surface area contributed by atoms with Gasteiger partial charge in [0, 0.05) is 37.3 Å². The van der Waals surface area contributed by atoms with Gasteiger partial charge >= 0.3 is 0 Å². The minimum Gasteiger partial charge on any atom is -0.311 e. The van der Waals surface area contributed by atoms with Crippen LogP contribution in [0.5, 0.6) is 0 Å². The highest BCUT2D eigenvalue weighted by Crippen LogP contribution is 2.19. The van der Waals surface area contributed by atoms with E-state index in [0.717, 1.165) is 25.6 Å². The predicted octanol–water partition coefficient (Wildman–Crippen LogP) is 3.47. The first-order valence-corrected chi connectivity index (χ1v) is 7.61. The molecule has 1 fully saturated rings. The summed E-state index contributed by atoms with van der Waals surface area (Å²) < 4.78 is 0. The highest BCUT2D eigenvalue weighted by atomic mass is 35.5. The minimum atomic E-state index is 0.608. The third-order valence-electron chi connectivity index (χ3n) is 3.75. The van der Waals surface area contributed by atoms with Crippen LogP contribution in [0.3, 0.4) is 0 Å². The summed E-state index contributed by atoms with van der Waals surface area (Å²) in [7, 11) is 0. The maximum absolute atomic E-state index is 5.82. The van der Waals surface area contributed by atoms with Gasteiger partial charge in [0.2, 0.25) is 0 Å². The van der Waals surface area contributed by atoms with E-state index in [1.54, 1.807) is 5.54 Å². The van der Waals surface area contributed by atoms with Gasteiger partial charge in [-0.2, -0.15) is 0 Å². The number of rotatable bonds is 5. The summed E-state index contributed by atoms with van der Waals surface area (Å²) in [6.45, 7) is 14.6. The van der Waals surface area contributed by atoms with Crippen molar-refractivity contribution in [1.82, 2.24) is 10.2 Å². The lowest BCUT2D eigenvalue weighted by Gasteiger charge is -2.42. The zero-order valence-electron chi connectivity index (χ0n) is 12.5. The van der Waals surface area contributed by atoms with Gasteiger partial charge in [-0.15, -0.1) is 0 Å². The summed E-state index contributed by atoms with van der Waals surface area (Å²) in [6.07, 6.45) is 1.26. The molecule has 0 aromatic rings. The Kier molecular flexibility index (Phi) is 6.68. The molecule has 0 amide bonds. The van der Waals surface area contributed by atoms with Gasteiger partial charge in [-0.3, -0.25) is 4.90 Å². The molecule has 2 nitrogen and oxygen atoms in total. The fourth-order valence-corrected chi connectivity index (χ4v) is 2.72. The number of hydrogen-bond donors (Lipinski definition) is 1. The van der Waals surface area contributed by atoms with Crippen LogP contribution in [-0.4, -0.2) is 36.6 Å². The SMILES string of the molecule is CC(=CCl)CN1CC(C(C)C)NCC1CC(C)C. The molecule has 2 unspecified atom stereocenters. The maximum atomic E-state index is 5.82. The van der Waals surface area contributed by atoms with Crippen LogP contribution in [0.25, 0.3) is 0 Å². The number of piperazine rings is 1. The molecule has 0 aromatic carbocycles. The molecule has 0 bridgehead atoms. The standard InChI is InChI=1S/C15H29ClN2/c1-11(2)6-14-8-17-15(12(3)4)10-18(14)9-13(5)7-16/h7,11-12,14-15,17H,6,8-10H2,1-5H3. The van der Waals surface area contributed by atoms with Crippen LogP contribution in [0.1, 0.15) is 41.0 Å². The van der Waals surface area contributed by atoms with E-state index in [2.05, 4.69) is 44.8 Å². The molecule has 1 aliphatic rings. The van der Waals surface area contributed by atoms with Gasteiger partial charge in [0.25, 0.3) is 0 Å². The first-order chi connectivity index (χ1) is 8.43. The number of halogens is 1. The number of hydrogen-bond acceptors (Lipinski definition) is 2.